The molecule has 2 heterocycles. The zero-order valence-electron chi connectivity index (χ0n) is 12.8. The quantitative estimate of drug-likeness (QED) is 0.786. The van der Waals surface area contributed by atoms with Gasteiger partial charge in [-0.1, -0.05) is 12.1 Å². The molecule has 25 heavy (non-hydrogen) atoms. The van der Waals surface area contributed by atoms with Gasteiger partial charge < -0.3 is 5.11 Å². The maximum absolute atomic E-state index is 12.7. The molecule has 0 atom stereocenters. The van der Waals surface area contributed by atoms with Crippen LogP contribution in [0.1, 0.15) is 16.1 Å². The van der Waals surface area contributed by atoms with Crippen molar-refractivity contribution in [3.8, 4) is 22.6 Å². The van der Waals surface area contributed by atoms with E-state index in [1.54, 1.807) is 13.2 Å². The van der Waals surface area contributed by atoms with Crippen LogP contribution in [0.4, 0.5) is 13.2 Å². The predicted octanol–water partition coefficient (Wildman–Crippen LogP) is 3.26. The fraction of sp³-hybridized carbons (Fsp3) is 0.125. The molecule has 0 fully saturated rings. The Labute approximate surface area is 139 Å². The van der Waals surface area contributed by atoms with Gasteiger partial charge in [-0.3, -0.25) is 4.68 Å². The summed E-state index contributed by atoms with van der Waals surface area (Å²) in [5.41, 5.74) is 0.00165. The summed E-state index contributed by atoms with van der Waals surface area (Å²) in [5.74, 6) is -1.14. The van der Waals surface area contributed by atoms with Crippen LogP contribution in [0.5, 0.6) is 0 Å². The van der Waals surface area contributed by atoms with E-state index in [2.05, 4.69) is 15.1 Å². The lowest BCUT2D eigenvalue weighted by Gasteiger charge is -2.08. The minimum Gasteiger partial charge on any atom is -0.477 e. The number of halogens is 3. The lowest BCUT2D eigenvalue weighted by Crippen LogP contribution is -2.05. The number of carbonyl (C=O) groups is 1. The number of hydrogen-bond donors (Lipinski definition) is 1. The fourth-order valence-corrected chi connectivity index (χ4v) is 2.20. The minimum atomic E-state index is -4.45. The van der Waals surface area contributed by atoms with Gasteiger partial charge in [-0.25, -0.2) is 14.8 Å². The molecule has 0 unspecified atom stereocenters. The van der Waals surface area contributed by atoms with Gasteiger partial charge in [0, 0.05) is 18.8 Å². The first kappa shape index (κ1) is 16.6. The molecule has 0 aliphatic carbocycles. The molecular weight excluding hydrogens is 337 g/mol. The van der Waals surface area contributed by atoms with Crippen LogP contribution in [0.3, 0.4) is 0 Å². The van der Waals surface area contributed by atoms with E-state index >= 15 is 0 Å². The Hall–Kier alpha value is -3.23. The van der Waals surface area contributed by atoms with Gasteiger partial charge in [0.1, 0.15) is 0 Å². The van der Waals surface area contributed by atoms with E-state index in [-0.39, 0.29) is 17.2 Å². The first-order valence-corrected chi connectivity index (χ1v) is 7.03. The summed E-state index contributed by atoms with van der Waals surface area (Å²) in [6.07, 6.45) is -1.37. The van der Waals surface area contributed by atoms with Gasteiger partial charge in [-0.2, -0.15) is 18.3 Å². The molecule has 6 nitrogen and oxygen atoms in total. The molecule has 3 aromatic rings. The third kappa shape index (κ3) is 3.49. The second-order valence-corrected chi connectivity index (χ2v) is 5.24. The number of aryl methyl sites for hydroxylation is 1. The van der Waals surface area contributed by atoms with Crippen LogP contribution in [0.25, 0.3) is 22.6 Å². The van der Waals surface area contributed by atoms with Crippen LogP contribution in [0, 0.1) is 0 Å². The van der Waals surface area contributed by atoms with Gasteiger partial charge in [0.2, 0.25) is 0 Å². The highest BCUT2D eigenvalue weighted by molar-refractivity contribution is 5.87. The van der Waals surface area contributed by atoms with E-state index in [1.165, 1.54) is 29.1 Å². The lowest BCUT2D eigenvalue weighted by atomic mass is 10.1. The van der Waals surface area contributed by atoms with E-state index in [0.29, 0.717) is 11.1 Å². The molecule has 0 radical (unpaired) electrons. The maximum atomic E-state index is 12.7. The van der Waals surface area contributed by atoms with Gasteiger partial charge in [-0.05, 0) is 18.2 Å². The molecule has 1 N–H and O–H groups in total. The summed E-state index contributed by atoms with van der Waals surface area (Å²) in [6.45, 7) is 0. The van der Waals surface area contributed by atoms with Crippen molar-refractivity contribution in [3.63, 3.8) is 0 Å². The second-order valence-electron chi connectivity index (χ2n) is 5.24. The Morgan fingerprint density at radius 2 is 1.80 bits per heavy atom. The number of aromatic carboxylic acids is 1. The lowest BCUT2D eigenvalue weighted by molar-refractivity contribution is -0.137. The largest absolute Gasteiger partial charge is 0.477 e. The molecule has 0 saturated heterocycles. The van der Waals surface area contributed by atoms with Gasteiger partial charge in [0.25, 0.3) is 0 Å². The highest BCUT2D eigenvalue weighted by Crippen LogP contribution is 2.31. The molecule has 9 heteroatoms. The molecule has 0 saturated carbocycles. The van der Waals surface area contributed by atoms with Gasteiger partial charge >= 0.3 is 12.1 Å². The van der Waals surface area contributed by atoms with Crippen LogP contribution in [-0.4, -0.2) is 30.8 Å². The third-order valence-electron chi connectivity index (χ3n) is 3.42. The molecule has 3 rings (SSSR count). The first-order valence-electron chi connectivity index (χ1n) is 7.03. The van der Waals surface area contributed by atoms with Crippen molar-refractivity contribution in [3.05, 3.63) is 54.0 Å². The number of aromatic nitrogens is 4. The zero-order valence-corrected chi connectivity index (χ0v) is 12.8. The fourth-order valence-electron chi connectivity index (χ4n) is 2.20. The van der Waals surface area contributed by atoms with E-state index in [0.717, 1.165) is 12.1 Å². The first-order chi connectivity index (χ1) is 11.7. The van der Waals surface area contributed by atoms with Crippen molar-refractivity contribution in [2.75, 3.05) is 0 Å². The van der Waals surface area contributed by atoms with Crippen molar-refractivity contribution in [1.82, 2.24) is 19.7 Å². The maximum Gasteiger partial charge on any atom is 0.416 e. The molecule has 0 aliphatic rings. The standard InChI is InChI=1S/C16H11F3N4O2/c1-23-8-10(7-20-23)14-21-12(6-13(22-14)15(24)25)9-2-4-11(5-3-9)16(17,18)19/h2-8H,1H3,(H,24,25). The highest BCUT2D eigenvalue weighted by Gasteiger charge is 2.30. The van der Waals surface area contributed by atoms with Crippen LogP contribution in [0.2, 0.25) is 0 Å². The number of benzene rings is 1. The van der Waals surface area contributed by atoms with Crippen LogP contribution in [0.15, 0.2) is 42.7 Å². The summed E-state index contributed by atoms with van der Waals surface area (Å²) in [4.78, 5) is 19.5. The Kier molecular flexibility index (Phi) is 3.99. The SMILES string of the molecule is Cn1cc(-c2nc(C(=O)O)cc(-c3ccc(C(F)(F)F)cc3)n2)cn1. The van der Waals surface area contributed by atoms with Gasteiger partial charge in [0.05, 0.1) is 23.0 Å². The van der Waals surface area contributed by atoms with Crippen molar-refractivity contribution >= 4 is 5.97 Å². The normalized spacial score (nSPS) is 11.5. The van der Waals surface area contributed by atoms with Crippen LogP contribution in [-0.2, 0) is 13.2 Å². The third-order valence-corrected chi connectivity index (χ3v) is 3.42. The van der Waals surface area contributed by atoms with Crippen molar-refractivity contribution in [2.45, 2.75) is 6.18 Å². The number of carboxylic acid groups (broad SMARTS) is 1. The molecule has 1 aromatic carbocycles. The van der Waals surface area contributed by atoms with Crippen molar-refractivity contribution in [2.24, 2.45) is 7.05 Å². The van der Waals surface area contributed by atoms with E-state index in [1.807, 2.05) is 0 Å². The number of carboxylic acids is 1. The summed E-state index contributed by atoms with van der Waals surface area (Å²) in [7, 11) is 1.68. The molecule has 0 aliphatic heterocycles. The number of alkyl halides is 3. The Bertz CT molecular complexity index is 933. The molecule has 0 amide bonds. The average molecular weight is 348 g/mol. The monoisotopic (exact) mass is 348 g/mol. The number of rotatable bonds is 3. The van der Waals surface area contributed by atoms with Crippen molar-refractivity contribution < 1.29 is 23.1 Å². The van der Waals surface area contributed by atoms with E-state index < -0.39 is 17.7 Å². The van der Waals surface area contributed by atoms with Crippen LogP contribution < -0.4 is 0 Å². The molecule has 0 bridgehead atoms. The van der Waals surface area contributed by atoms with Gasteiger partial charge in [0.15, 0.2) is 11.5 Å². The summed E-state index contributed by atoms with van der Waals surface area (Å²) >= 11 is 0. The summed E-state index contributed by atoms with van der Waals surface area (Å²) in [6, 6.07) is 5.53. The highest BCUT2D eigenvalue weighted by atomic mass is 19.4. The van der Waals surface area contributed by atoms with Crippen molar-refractivity contribution in [1.29, 1.82) is 0 Å². The Morgan fingerprint density at radius 1 is 1.12 bits per heavy atom. The predicted molar refractivity (Wildman–Crippen MR) is 81.6 cm³/mol. The average Bonchev–Trinajstić information content (AvgIpc) is 3.00. The van der Waals surface area contributed by atoms with Gasteiger partial charge in [-0.15, -0.1) is 0 Å². The number of nitrogens with zero attached hydrogens (tertiary/aromatic N) is 4. The molecule has 0 spiro atoms. The second kappa shape index (κ2) is 6.00. The Balaban J connectivity index is 2.09. The summed E-state index contributed by atoms with van der Waals surface area (Å²) < 4.78 is 39.5. The topological polar surface area (TPSA) is 80.9 Å². The molecule has 128 valence electrons. The number of hydrogen-bond acceptors (Lipinski definition) is 4. The molecule has 2 aromatic heterocycles. The minimum absolute atomic E-state index is 0.128. The van der Waals surface area contributed by atoms with E-state index in [4.69, 9.17) is 0 Å². The Morgan fingerprint density at radius 3 is 2.32 bits per heavy atom. The molecular formula is C16H11F3N4O2. The summed E-state index contributed by atoms with van der Waals surface area (Å²) in [5, 5.41) is 13.2. The smallest absolute Gasteiger partial charge is 0.416 e. The van der Waals surface area contributed by atoms with Crippen LogP contribution >= 0.6 is 0 Å². The van der Waals surface area contributed by atoms with E-state index in [9.17, 15) is 23.1 Å². The zero-order chi connectivity index (χ0) is 18.2.